The fourth-order valence-electron chi connectivity index (χ4n) is 6.92. The van der Waals surface area contributed by atoms with Crippen LogP contribution in [0.15, 0.2) is 89.4 Å². The molecule has 0 amide bonds. The van der Waals surface area contributed by atoms with Crippen molar-refractivity contribution in [2.45, 2.75) is 64.6 Å². The van der Waals surface area contributed by atoms with Gasteiger partial charge in [-0.15, -0.1) is 0 Å². The van der Waals surface area contributed by atoms with E-state index >= 15 is 4.39 Å². The van der Waals surface area contributed by atoms with E-state index in [0.29, 0.717) is 41.2 Å². The Morgan fingerprint density at radius 1 is 1.24 bits per heavy atom. The van der Waals surface area contributed by atoms with Gasteiger partial charge in [0.15, 0.2) is 11.6 Å². The second-order valence-corrected chi connectivity index (χ2v) is 12.9. The Morgan fingerprint density at radius 2 is 2.04 bits per heavy atom. The van der Waals surface area contributed by atoms with Gasteiger partial charge in [0.1, 0.15) is 11.8 Å². The van der Waals surface area contributed by atoms with Gasteiger partial charge in [-0.05, 0) is 83.8 Å². The minimum absolute atomic E-state index is 0.114. The van der Waals surface area contributed by atoms with Crippen LogP contribution in [0.1, 0.15) is 52.0 Å². The quantitative estimate of drug-likeness (QED) is 0.280. The molecule has 6 nitrogen and oxygen atoms in total. The van der Waals surface area contributed by atoms with Crippen molar-refractivity contribution in [3.63, 3.8) is 0 Å². The highest BCUT2D eigenvalue weighted by atomic mass is 35.5. The highest BCUT2D eigenvalue weighted by Gasteiger charge is 2.36. The van der Waals surface area contributed by atoms with Gasteiger partial charge in [-0.3, -0.25) is 4.99 Å². The van der Waals surface area contributed by atoms with Crippen molar-refractivity contribution in [3.05, 3.63) is 95.8 Å². The molecule has 4 unspecified atom stereocenters. The first-order valence-electron chi connectivity index (χ1n) is 16.1. The maximum absolute atomic E-state index is 16.5. The lowest BCUT2D eigenvalue weighted by molar-refractivity contribution is 0.269. The Kier molecular flexibility index (Phi) is 10.4. The van der Waals surface area contributed by atoms with Crippen molar-refractivity contribution >= 4 is 34.8 Å². The number of benzene rings is 1. The number of nitrogens with one attached hydrogen (secondary N) is 1. The topological polar surface area (TPSA) is 43.3 Å². The molecule has 4 aliphatic heterocycles. The van der Waals surface area contributed by atoms with Crippen LogP contribution in [0, 0.1) is 11.7 Å². The van der Waals surface area contributed by atoms with Gasteiger partial charge in [-0.1, -0.05) is 49.6 Å². The Labute approximate surface area is 273 Å². The molecule has 240 valence electrons. The summed E-state index contributed by atoms with van der Waals surface area (Å²) in [4.78, 5) is 11.2. The number of aliphatic imine (C=N–C) groups is 1. The minimum Gasteiger partial charge on any atom is -0.482 e. The largest absolute Gasteiger partial charge is 0.482 e. The fourth-order valence-corrected chi connectivity index (χ4v) is 7.17. The third-order valence-corrected chi connectivity index (χ3v) is 9.64. The Balaban J connectivity index is 1.53. The van der Waals surface area contributed by atoms with Crippen LogP contribution in [0.2, 0.25) is 0 Å². The lowest BCUT2D eigenvalue weighted by atomic mass is 9.90. The number of anilines is 2. The standard InChI is InChI=1S/C37H47ClFN5O/c1-8-16-41-34(9-2)28-15-19-43(22-28)36-33(39)21-31-26(5)32(27(6)40-17-14-30-11-10-18-42(30)7)23-44-24(3)12-13-29(38)20-25(4)45-37(36)35(31)44/h8-9,12-13,16,20-21,23-25,28,30,40H,1,5-6,10-11,14-15,17-19,22H2,2-4,7H3/b13-12-,29-20+,34-9-,41-16?. The van der Waals surface area contributed by atoms with Gasteiger partial charge in [0.25, 0.3) is 0 Å². The van der Waals surface area contributed by atoms with E-state index in [1.807, 2.05) is 32.1 Å². The molecule has 1 N–H and O–H groups in total. The van der Waals surface area contributed by atoms with E-state index in [0.717, 1.165) is 54.2 Å². The van der Waals surface area contributed by atoms with E-state index in [4.69, 9.17) is 16.3 Å². The van der Waals surface area contributed by atoms with Gasteiger partial charge >= 0.3 is 0 Å². The van der Waals surface area contributed by atoms with E-state index < -0.39 is 6.10 Å². The SMILES string of the molecule is C=CC=N/C(=C\C)C1CCN(c2c(F)cc3c4c2OC(C)/C=C(Cl)\C=C/C(C)N4C=C(C(=C)NCCC2CCCN2C)C3=C)C1. The molecule has 4 heterocycles. The smallest absolute Gasteiger partial charge is 0.170 e. The molecule has 8 heteroatoms. The molecule has 2 saturated heterocycles. The predicted octanol–water partition coefficient (Wildman–Crippen LogP) is 7.97. The summed E-state index contributed by atoms with van der Waals surface area (Å²) in [5.74, 6) is 0.323. The zero-order valence-electron chi connectivity index (χ0n) is 27.2. The van der Waals surface area contributed by atoms with Crippen molar-refractivity contribution in [2.24, 2.45) is 10.9 Å². The van der Waals surface area contributed by atoms with Crippen LogP contribution in [-0.4, -0.2) is 62.5 Å². The Hall–Kier alpha value is -3.55. The monoisotopic (exact) mass is 631 g/mol. The summed E-state index contributed by atoms with van der Waals surface area (Å²) in [6.07, 6.45) is 17.3. The molecule has 1 aromatic rings. The lowest BCUT2D eigenvalue weighted by Crippen LogP contribution is -2.34. The van der Waals surface area contributed by atoms with Crippen molar-refractivity contribution in [2.75, 3.05) is 43.0 Å². The van der Waals surface area contributed by atoms with E-state index in [1.54, 1.807) is 18.4 Å². The van der Waals surface area contributed by atoms with Gasteiger partial charge in [0, 0.05) is 77.6 Å². The minimum atomic E-state index is -0.396. The number of nitrogens with zero attached hydrogens (tertiary/aromatic N) is 4. The molecule has 0 aromatic heterocycles. The van der Waals surface area contributed by atoms with E-state index in [1.165, 1.54) is 12.8 Å². The third-order valence-electron chi connectivity index (χ3n) is 9.39. The first-order valence-corrected chi connectivity index (χ1v) is 16.5. The van der Waals surface area contributed by atoms with Crippen LogP contribution in [0.5, 0.6) is 5.75 Å². The molecule has 0 radical (unpaired) electrons. The van der Waals surface area contributed by atoms with Crippen molar-refractivity contribution < 1.29 is 9.13 Å². The number of halogens is 2. The van der Waals surface area contributed by atoms with Gasteiger partial charge < -0.3 is 24.8 Å². The third kappa shape index (κ3) is 7.00. The van der Waals surface area contributed by atoms with Crippen molar-refractivity contribution in [1.29, 1.82) is 0 Å². The average molecular weight is 632 g/mol. The van der Waals surface area contributed by atoms with Crippen LogP contribution >= 0.6 is 11.6 Å². The number of likely N-dealkylation sites (tertiary alicyclic amines) is 1. The van der Waals surface area contributed by atoms with Gasteiger partial charge in [-0.25, -0.2) is 4.39 Å². The zero-order chi connectivity index (χ0) is 32.2. The van der Waals surface area contributed by atoms with E-state index in [9.17, 15) is 0 Å². The maximum Gasteiger partial charge on any atom is 0.170 e. The number of allylic oxidation sites excluding steroid dienone is 5. The first kappa shape index (κ1) is 32.8. The molecule has 4 atom stereocenters. The van der Waals surface area contributed by atoms with Gasteiger partial charge in [0.05, 0.1) is 5.69 Å². The normalized spacial score (nSPS) is 27.5. The molecule has 4 aliphatic rings. The highest BCUT2D eigenvalue weighted by Crippen LogP contribution is 2.51. The molecular weight excluding hydrogens is 585 g/mol. The van der Waals surface area contributed by atoms with Crippen LogP contribution < -0.4 is 19.9 Å². The van der Waals surface area contributed by atoms with E-state index in [-0.39, 0.29) is 17.8 Å². The Morgan fingerprint density at radius 3 is 2.76 bits per heavy atom. The predicted molar refractivity (Wildman–Crippen MR) is 189 cm³/mol. The van der Waals surface area contributed by atoms with Crippen molar-refractivity contribution in [1.82, 2.24) is 10.2 Å². The van der Waals surface area contributed by atoms with Crippen LogP contribution in [0.3, 0.4) is 0 Å². The maximum atomic E-state index is 16.5. The molecule has 2 fully saturated rings. The fraction of sp³-hybridized carbons (Fsp3) is 0.432. The molecule has 5 rings (SSSR count). The molecule has 45 heavy (non-hydrogen) atoms. The van der Waals surface area contributed by atoms with Crippen LogP contribution in [0.25, 0.3) is 5.57 Å². The summed E-state index contributed by atoms with van der Waals surface area (Å²) >= 11 is 6.58. The molecule has 0 aliphatic carbocycles. The summed E-state index contributed by atoms with van der Waals surface area (Å²) in [6, 6.07) is 2.09. The number of ether oxygens (including phenoxy) is 1. The molecule has 0 spiro atoms. The summed E-state index contributed by atoms with van der Waals surface area (Å²) in [5.41, 5.74) is 5.28. The number of hydrogen-bond acceptors (Lipinski definition) is 6. The van der Waals surface area contributed by atoms with Crippen molar-refractivity contribution in [3.8, 4) is 5.75 Å². The van der Waals surface area contributed by atoms with Gasteiger partial charge in [0.2, 0.25) is 0 Å². The lowest BCUT2D eigenvalue weighted by Gasteiger charge is -2.38. The molecule has 1 aromatic carbocycles. The zero-order valence-corrected chi connectivity index (χ0v) is 27.9. The van der Waals surface area contributed by atoms with Crippen LogP contribution in [-0.2, 0) is 0 Å². The summed E-state index contributed by atoms with van der Waals surface area (Å²) < 4.78 is 23.2. The second kappa shape index (κ2) is 14.3. The van der Waals surface area contributed by atoms with Crippen LogP contribution in [0.4, 0.5) is 15.8 Å². The number of hydrogen-bond donors (Lipinski definition) is 1. The number of rotatable bonds is 9. The Bertz CT molecular complexity index is 1490. The first-order chi connectivity index (χ1) is 21.6. The average Bonchev–Trinajstić information content (AvgIpc) is 3.65. The summed E-state index contributed by atoms with van der Waals surface area (Å²) in [7, 11) is 2.19. The summed E-state index contributed by atoms with van der Waals surface area (Å²) in [6.45, 7) is 21.9. The molecular formula is C37H47ClFN5O. The molecule has 0 bridgehead atoms. The highest BCUT2D eigenvalue weighted by molar-refractivity contribution is 6.31. The second-order valence-electron chi connectivity index (χ2n) is 12.5. The van der Waals surface area contributed by atoms with E-state index in [2.05, 4.69) is 71.0 Å². The molecule has 0 saturated carbocycles. The van der Waals surface area contributed by atoms with Gasteiger partial charge in [-0.2, -0.15) is 0 Å². The summed E-state index contributed by atoms with van der Waals surface area (Å²) in [5, 5.41) is 4.12.